The van der Waals surface area contributed by atoms with Crippen molar-refractivity contribution in [2.24, 2.45) is 0 Å². The number of aliphatic hydroxyl groups is 1. The summed E-state index contributed by atoms with van der Waals surface area (Å²) in [5, 5.41) is 12.7. The van der Waals surface area contributed by atoms with E-state index in [1.54, 1.807) is 6.92 Å². The van der Waals surface area contributed by atoms with Crippen LogP contribution in [0.1, 0.15) is 117 Å². The second-order valence-corrected chi connectivity index (χ2v) is 8.23. The molecular formula is C24H46FNO4. The third kappa shape index (κ3) is 14.8. The Kier molecular flexibility index (Phi) is 19.0. The Balaban J connectivity index is 4.03. The van der Waals surface area contributed by atoms with Crippen LogP contribution < -0.4 is 5.32 Å². The number of rotatable bonds is 20. The Morgan fingerprint density at radius 1 is 0.833 bits per heavy atom. The van der Waals surface area contributed by atoms with Crippen LogP contribution in [0.5, 0.6) is 0 Å². The summed E-state index contributed by atoms with van der Waals surface area (Å²) in [4.78, 5) is 23.9. The fraction of sp³-hybridized carbons (Fsp3) is 0.917. The summed E-state index contributed by atoms with van der Waals surface area (Å²) in [7, 11) is 0. The summed E-state index contributed by atoms with van der Waals surface area (Å²) in [6, 6.07) is -1.35. The van der Waals surface area contributed by atoms with Crippen molar-refractivity contribution < 1.29 is 23.8 Å². The highest BCUT2D eigenvalue weighted by molar-refractivity contribution is 5.85. The van der Waals surface area contributed by atoms with E-state index >= 15 is 0 Å². The molecule has 30 heavy (non-hydrogen) atoms. The van der Waals surface area contributed by atoms with Crippen molar-refractivity contribution in [3.05, 3.63) is 0 Å². The smallest absolute Gasteiger partial charge is 0.331 e. The number of halogens is 1. The molecule has 5 nitrogen and oxygen atoms in total. The number of esters is 1. The average Bonchev–Trinajstić information content (AvgIpc) is 2.72. The van der Waals surface area contributed by atoms with E-state index in [0.29, 0.717) is 12.8 Å². The summed E-state index contributed by atoms with van der Waals surface area (Å²) in [6.45, 7) is 5.81. The highest BCUT2D eigenvalue weighted by Gasteiger charge is 2.35. The van der Waals surface area contributed by atoms with Crippen LogP contribution in [-0.4, -0.2) is 41.9 Å². The standard InChI is InChI=1S/C24H46FNO4/c1-4-7-8-9-10-11-12-13-14-15-16-17-19-20(25)23(28)22(24(29)30-6-3)26-21(27)18-5-2/h20,22-23,28H,4-19H2,1-3H3,(H,26,27)/t20-,22+,23+/m0/s1. The molecule has 0 radical (unpaired) electrons. The minimum Gasteiger partial charge on any atom is -0.464 e. The molecule has 0 bridgehead atoms. The number of alkyl halides is 1. The molecule has 6 heteroatoms. The highest BCUT2D eigenvalue weighted by Crippen LogP contribution is 2.17. The fourth-order valence-corrected chi connectivity index (χ4v) is 3.55. The third-order valence-corrected chi connectivity index (χ3v) is 5.38. The van der Waals surface area contributed by atoms with Crippen LogP contribution in [0.15, 0.2) is 0 Å². The predicted octanol–water partition coefficient (Wildman–Crippen LogP) is 5.62. The number of carbonyl (C=O) groups excluding carboxylic acids is 2. The molecule has 0 aromatic heterocycles. The first-order valence-corrected chi connectivity index (χ1v) is 12.3. The summed E-state index contributed by atoms with van der Waals surface area (Å²) in [5.74, 6) is -1.17. The van der Waals surface area contributed by atoms with Gasteiger partial charge < -0.3 is 15.2 Å². The van der Waals surface area contributed by atoms with Crippen LogP contribution in [-0.2, 0) is 14.3 Å². The van der Waals surface area contributed by atoms with Crippen LogP contribution in [0.4, 0.5) is 4.39 Å². The van der Waals surface area contributed by atoms with Crippen LogP contribution in [0.2, 0.25) is 0 Å². The highest BCUT2D eigenvalue weighted by atomic mass is 19.1. The van der Waals surface area contributed by atoms with Crippen LogP contribution >= 0.6 is 0 Å². The minimum absolute atomic E-state index is 0.112. The van der Waals surface area contributed by atoms with E-state index in [2.05, 4.69) is 12.2 Å². The molecular weight excluding hydrogens is 385 g/mol. The van der Waals surface area contributed by atoms with Gasteiger partial charge in [0.1, 0.15) is 12.3 Å². The van der Waals surface area contributed by atoms with Crippen LogP contribution in [0, 0.1) is 0 Å². The van der Waals surface area contributed by atoms with Crippen molar-refractivity contribution in [1.82, 2.24) is 5.32 Å². The second-order valence-electron chi connectivity index (χ2n) is 8.23. The number of hydrogen-bond acceptors (Lipinski definition) is 4. The number of hydrogen-bond donors (Lipinski definition) is 2. The van der Waals surface area contributed by atoms with Crippen molar-refractivity contribution >= 4 is 11.9 Å². The lowest BCUT2D eigenvalue weighted by Crippen LogP contribution is -2.52. The van der Waals surface area contributed by atoms with E-state index in [4.69, 9.17) is 4.74 Å². The molecule has 2 N–H and O–H groups in total. The van der Waals surface area contributed by atoms with E-state index in [9.17, 15) is 19.1 Å². The van der Waals surface area contributed by atoms with Crippen molar-refractivity contribution in [3.63, 3.8) is 0 Å². The molecule has 0 spiro atoms. The molecule has 0 aromatic rings. The zero-order chi connectivity index (χ0) is 22.6. The Labute approximate surface area is 183 Å². The van der Waals surface area contributed by atoms with Gasteiger partial charge in [-0.15, -0.1) is 0 Å². The molecule has 0 aliphatic heterocycles. The summed E-state index contributed by atoms with van der Waals surface area (Å²) >= 11 is 0. The monoisotopic (exact) mass is 431 g/mol. The van der Waals surface area contributed by atoms with E-state index in [0.717, 1.165) is 19.3 Å². The van der Waals surface area contributed by atoms with Crippen molar-refractivity contribution in [3.8, 4) is 0 Å². The number of unbranched alkanes of at least 4 members (excludes halogenated alkanes) is 11. The van der Waals surface area contributed by atoms with Gasteiger partial charge in [-0.25, -0.2) is 9.18 Å². The van der Waals surface area contributed by atoms with Gasteiger partial charge in [0.2, 0.25) is 5.91 Å². The maximum Gasteiger partial charge on any atom is 0.331 e. The van der Waals surface area contributed by atoms with Crippen molar-refractivity contribution in [2.45, 2.75) is 135 Å². The van der Waals surface area contributed by atoms with Gasteiger partial charge in [0, 0.05) is 6.42 Å². The summed E-state index contributed by atoms with van der Waals surface area (Å²) in [5.41, 5.74) is 0. The van der Waals surface area contributed by atoms with Gasteiger partial charge in [-0.3, -0.25) is 4.79 Å². The van der Waals surface area contributed by atoms with Gasteiger partial charge in [-0.05, 0) is 19.8 Å². The van der Waals surface area contributed by atoms with Gasteiger partial charge in [-0.1, -0.05) is 90.9 Å². The molecule has 0 rings (SSSR count). The first kappa shape index (κ1) is 28.8. The Morgan fingerprint density at radius 3 is 1.80 bits per heavy atom. The first-order valence-electron chi connectivity index (χ1n) is 12.3. The van der Waals surface area contributed by atoms with E-state index in [1.165, 1.54) is 51.4 Å². The average molecular weight is 432 g/mol. The normalized spacial score (nSPS) is 14.2. The van der Waals surface area contributed by atoms with Crippen molar-refractivity contribution in [2.75, 3.05) is 6.61 Å². The van der Waals surface area contributed by atoms with E-state index in [1.807, 2.05) is 6.92 Å². The first-order chi connectivity index (χ1) is 14.5. The lowest BCUT2D eigenvalue weighted by Gasteiger charge is -2.25. The molecule has 1 amide bonds. The largest absolute Gasteiger partial charge is 0.464 e. The quantitative estimate of drug-likeness (QED) is 0.194. The maximum atomic E-state index is 14.5. The second kappa shape index (κ2) is 19.8. The zero-order valence-electron chi connectivity index (χ0n) is 19.6. The molecule has 0 aliphatic carbocycles. The zero-order valence-corrected chi connectivity index (χ0v) is 19.6. The number of aliphatic hydroxyl groups excluding tert-OH is 1. The van der Waals surface area contributed by atoms with E-state index < -0.39 is 24.3 Å². The lowest BCUT2D eigenvalue weighted by molar-refractivity contribution is -0.152. The number of carbonyl (C=O) groups is 2. The Morgan fingerprint density at radius 2 is 1.33 bits per heavy atom. The van der Waals surface area contributed by atoms with Gasteiger partial charge in [-0.2, -0.15) is 0 Å². The summed E-state index contributed by atoms with van der Waals surface area (Å²) < 4.78 is 19.4. The summed E-state index contributed by atoms with van der Waals surface area (Å²) in [6.07, 6.45) is 12.1. The third-order valence-electron chi connectivity index (χ3n) is 5.38. The topological polar surface area (TPSA) is 75.6 Å². The number of nitrogens with one attached hydrogen (secondary N) is 1. The van der Waals surface area contributed by atoms with Gasteiger partial charge >= 0.3 is 5.97 Å². The molecule has 0 fully saturated rings. The molecule has 178 valence electrons. The SMILES string of the molecule is CCCCCCCCCCCCCC[C@H](F)[C@@H](O)[C@@H](NC(=O)CCC)C(=O)OCC. The molecule has 0 aliphatic rings. The van der Waals surface area contributed by atoms with Gasteiger partial charge in [0.25, 0.3) is 0 Å². The van der Waals surface area contributed by atoms with Crippen LogP contribution in [0.25, 0.3) is 0 Å². The van der Waals surface area contributed by atoms with Crippen LogP contribution in [0.3, 0.4) is 0 Å². The van der Waals surface area contributed by atoms with Crippen molar-refractivity contribution in [1.29, 1.82) is 0 Å². The molecule has 3 atom stereocenters. The molecule has 0 aromatic carbocycles. The number of ether oxygens (including phenoxy) is 1. The van der Waals surface area contributed by atoms with Gasteiger partial charge in [0.05, 0.1) is 6.61 Å². The molecule has 0 heterocycles. The maximum absolute atomic E-state index is 14.5. The Hall–Kier alpha value is -1.17. The Bertz CT molecular complexity index is 433. The molecule has 0 saturated carbocycles. The van der Waals surface area contributed by atoms with Gasteiger partial charge in [0.15, 0.2) is 6.04 Å². The predicted molar refractivity (Wildman–Crippen MR) is 120 cm³/mol. The number of amides is 1. The lowest BCUT2D eigenvalue weighted by atomic mass is 9.99. The van der Waals surface area contributed by atoms with E-state index in [-0.39, 0.29) is 25.4 Å². The molecule has 0 unspecified atom stereocenters. The minimum atomic E-state index is -1.59. The fourth-order valence-electron chi connectivity index (χ4n) is 3.55. The molecule has 0 saturated heterocycles.